The molecule has 38 heavy (non-hydrogen) atoms. The summed E-state index contributed by atoms with van der Waals surface area (Å²) in [5.74, 6) is -2.36. The van der Waals surface area contributed by atoms with E-state index in [1.165, 1.54) is 0 Å². The molecule has 1 aliphatic heterocycles. The van der Waals surface area contributed by atoms with Crippen LogP contribution < -0.4 is 5.73 Å². The van der Waals surface area contributed by atoms with Crippen LogP contribution in [-0.2, 0) is 23.9 Å². The van der Waals surface area contributed by atoms with Crippen molar-refractivity contribution >= 4 is 23.4 Å². The Morgan fingerprint density at radius 1 is 1.00 bits per heavy atom. The average molecular weight is 519 g/mol. The average Bonchev–Trinajstić information content (AvgIpc) is 3.03. The number of nitrogens with zero attached hydrogens (tertiary/aromatic N) is 1. The second-order valence-corrected chi connectivity index (χ2v) is 14.7. The lowest BCUT2D eigenvalue weighted by molar-refractivity contribution is -0.206. The van der Waals surface area contributed by atoms with Crippen molar-refractivity contribution in [3.05, 3.63) is 23.3 Å². The van der Waals surface area contributed by atoms with Crippen LogP contribution in [0.25, 0.3) is 0 Å². The minimum Gasteiger partial charge on any atom is -0.449 e. The molecule has 202 valence electrons. The van der Waals surface area contributed by atoms with Gasteiger partial charge in [-0.2, -0.15) is 5.26 Å². The molecular formula is C31H38N2O5. The molecule has 7 heteroatoms. The van der Waals surface area contributed by atoms with E-state index >= 15 is 0 Å². The first kappa shape index (κ1) is 25.5. The van der Waals surface area contributed by atoms with Gasteiger partial charge in [-0.05, 0) is 80.3 Å². The molecule has 6 aliphatic rings. The molecule has 2 N–H and O–H groups in total. The first-order valence-electron chi connectivity index (χ1n) is 14.0. The van der Waals surface area contributed by atoms with Gasteiger partial charge in [0, 0.05) is 16.7 Å². The molecule has 0 aromatic rings. The van der Waals surface area contributed by atoms with Crippen molar-refractivity contribution in [3.63, 3.8) is 0 Å². The van der Waals surface area contributed by atoms with Crippen molar-refractivity contribution in [1.29, 1.82) is 5.26 Å². The molecule has 8 atom stereocenters. The van der Waals surface area contributed by atoms with Gasteiger partial charge in [0.25, 0.3) is 0 Å². The summed E-state index contributed by atoms with van der Waals surface area (Å²) < 4.78 is 6.42. The van der Waals surface area contributed by atoms with E-state index in [0.717, 1.165) is 24.8 Å². The van der Waals surface area contributed by atoms with Crippen molar-refractivity contribution in [3.8, 4) is 6.07 Å². The van der Waals surface area contributed by atoms with Crippen LogP contribution in [0.3, 0.4) is 0 Å². The van der Waals surface area contributed by atoms with Crippen LogP contribution in [0.15, 0.2) is 23.3 Å². The zero-order valence-electron chi connectivity index (χ0n) is 23.3. The predicted octanol–water partition coefficient (Wildman–Crippen LogP) is 4.35. The standard InChI is InChI=1S/C31H38N2O5/c1-25(2)9-11-30-12-10-28(5)27(4)8-7-18-26(3,14-17(16-32)22(35)29(18,6)23(33)36)19(27)13-21(34)31(28,20(30)15-25)38-24(30)37/h13-14,18,20H,7-12,15H2,1-6H3,(H2,33,36)/t18-,20-,26+,27-,28+,29+,30+,31-/m1/s1. The highest BCUT2D eigenvalue weighted by Crippen LogP contribution is 2.78. The van der Waals surface area contributed by atoms with Crippen molar-refractivity contribution in [2.75, 3.05) is 0 Å². The number of nitrogens with two attached hydrogens (primary N) is 1. The Labute approximate surface area is 224 Å². The monoisotopic (exact) mass is 518 g/mol. The Balaban J connectivity index is 1.60. The fourth-order valence-corrected chi connectivity index (χ4v) is 10.4. The summed E-state index contributed by atoms with van der Waals surface area (Å²) in [6.07, 6.45) is 8.30. The lowest BCUT2D eigenvalue weighted by Gasteiger charge is -2.68. The van der Waals surface area contributed by atoms with E-state index in [1.807, 2.05) is 13.0 Å². The van der Waals surface area contributed by atoms with Crippen LogP contribution in [0.2, 0.25) is 0 Å². The van der Waals surface area contributed by atoms with Gasteiger partial charge in [0.2, 0.25) is 5.91 Å². The van der Waals surface area contributed by atoms with E-state index in [4.69, 9.17) is 10.5 Å². The fraction of sp³-hybridized carbons (Fsp3) is 0.710. The van der Waals surface area contributed by atoms with Gasteiger partial charge in [-0.1, -0.05) is 40.7 Å². The molecule has 1 heterocycles. The van der Waals surface area contributed by atoms with Gasteiger partial charge in [0.1, 0.15) is 11.5 Å². The van der Waals surface area contributed by atoms with Crippen LogP contribution >= 0.6 is 0 Å². The molecule has 0 aromatic heterocycles. The minimum absolute atomic E-state index is 0.000318. The maximum atomic E-state index is 14.5. The normalized spacial score (nSPS) is 50.3. The van der Waals surface area contributed by atoms with Crippen molar-refractivity contribution in [2.24, 2.45) is 50.1 Å². The number of amides is 1. The summed E-state index contributed by atoms with van der Waals surface area (Å²) in [6.45, 7) is 12.2. The Morgan fingerprint density at radius 2 is 1.66 bits per heavy atom. The topological polar surface area (TPSA) is 127 Å². The van der Waals surface area contributed by atoms with Gasteiger partial charge in [0.05, 0.1) is 11.0 Å². The summed E-state index contributed by atoms with van der Waals surface area (Å²) in [5.41, 5.74) is 1.08. The zero-order valence-corrected chi connectivity index (χ0v) is 23.3. The van der Waals surface area contributed by atoms with Crippen molar-refractivity contribution in [2.45, 2.75) is 92.1 Å². The Morgan fingerprint density at radius 3 is 2.29 bits per heavy atom. The number of rotatable bonds is 1. The van der Waals surface area contributed by atoms with E-state index < -0.39 is 50.3 Å². The van der Waals surface area contributed by atoms with Gasteiger partial charge < -0.3 is 10.5 Å². The van der Waals surface area contributed by atoms with Gasteiger partial charge >= 0.3 is 5.97 Å². The molecule has 4 fully saturated rings. The summed E-state index contributed by atoms with van der Waals surface area (Å²) in [6, 6.07) is 2.01. The van der Waals surface area contributed by atoms with Crippen molar-refractivity contribution in [1.82, 2.24) is 0 Å². The number of fused-ring (bicyclic) bond motifs is 4. The summed E-state index contributed by atoms with van der Waals surface area (Å²) in [4.78, 5) is 54.4. The van der Waals surface area contributed by atoms with Crippen LogP contribution in [0.4, 0.5) is 0 Å². The molecular weight excluding hydrogens is 480 g/mol. The first-order valence-corrected chi connectivity index (χ1v) is 14.0. The number of allylic oxidation sites excluding steroid dienone is 3. The summed E-state index contributed by atoms with van der Waals surface area (Å²) in [5, 5.41) is 9.89. The molecule has 1 spiro atoms. The highest BCUT2D eigenvalue weighted by Gasteiger charge is 2.82. The second-order valence-electron chi connectivity index (χ2n) is 14.7. The molecule has 1 saturated heterocycles. The molecule has 0 unspecified atom stereocenters. The largest absolute Gasteiger partial charge is 0.449 e. The van der Waals surface area contributed by atoms with Gasteiger partial charge in [-0.15, -0.1) is 0 Å². The van der Waals surface area contributed by atoms with Gasteiger partial charge in [-0.3, -0.25) is 19.2 Å². The number of carbonyl (C=O) groups is 4. The number of nitriles is 1. The summed E-state index contributed by atoms with van der Waals surface area (Å²) >= 11 is 0. The van der Waals surface area contributed by atoms with E-state index in [1.54, 1.807) is 19.1 Å². The van der Waals surface area contributed by atoms with Crippen LogP contribution in [0, 0.1) is 55.7 Å². The molecule has 2 bridgehead atoms. The SMILES string of the molecule is CC1(C)CC[C@@]23CC[C@@]4(C)[C@]5(C)CC[C@H]6[C@](C)(C(N)=O)C(=O)C(C#N)=C[C@]6(C)C5=CC(=O)[C@]4(OC2=O)[C@@H]3C1. The minimum atomic E-state index is -1.55. The Kier molecular flexibility index (Phi) is 4.61. The zero-order chi connectivity index (χ0) is 27.9. The van der Waals surface area contributed by atoms with E-state index in [2.05, 4.69) is 27.7 Å². The number of Topliss-reactive ketones (excluding diaryl/α,β-unsaturated/α-hetero) is 1. The second kappa shape index (κ2) is 6.87. The van der Waals surface area contributed by atoms with Crippen LogP contribution in [0.5, 0.6) is 0 Å². The molecule has 3 saturated carbocycles. The Bertz CT molecular complexity index is 1350. The quantitative estimate of drug-likeness (QED) is 0.406. The molecule has 1 amide bonds. The number of hydrogen-bond acceptors (Lipinski definition) is 6. The highest BCUT2D eigenvalue weighted by atomic mass is 16.6. The number of ether oxygens (including phenoxy) is 1. The number of primary amides is 1. The lowest BCUT2D eigenvalue weighted by atomic mass is 9.33. The highest BCUT2D eigenvalue weighted by molar-refractivity contribution is 6.16. The first-order chi connectivity index (χ1) is 17.5. The van der Waals surface area contributed by atoms with Gasteiger partial charge in [-0.25, -0.2) is 0 Å². The van der Waals surface area contributed by atoms with E-state index in [9.17, 15) is 24.4 Å². The van der Waals surface area contributed by atoms with Crippen molar-refractivity contribution < 1.29 is 23.9 Å². The van der Waals surface area contributed by atoms with Crippen LogP contribution in [-0.4, -0.2) is 29.0 Å². The molecule has 6 rings (SSSR count). The third-order valence-corrected chi connectivity index (χ3v) is 12.9. The Hall–Kier alpha value is -2.75. The number of ketones is 2. The predicted molar refractivity (Wildman–Crippen MR) is 138 cm³/mol. The number of esters is 1. The number of hydrogen-bond donors (Lipinski definition) is 1. The molecule has 7 nitrogen and oxygen atoms in total. The third-order valence-electron chi connectivity index (χ3n) is 12.9. The molecule has 5 aliphatic carbocycles. The smallest absolute Gasteiger partial charge is 0.313 e. The van der Waals surface area contributed by atoms with E-state index in [-0.39, 0.29) is 28.7 Å². The maximum absolute atomic E-state index is 14.5. The van der Waals surface area contributed by atoms with Gasteiger partial charge in [0.15, 0.2) is 17.2 Å². The maximum Gasteiger partial charge on any atom is 0.313 e. The summed E-state index contributed by atoms with van der Waals surface area (Å²) in [7, 11) is 0. The molecule has 0 radical (unpaired) electrons. The fourth-order valence-electron chi connectivity index (χ4n) is 10.4. The van der Waals surface area contributed by atoms with E-state index in [0.29, 0.717) is 25.7 Å². The third kappa shape index (κ3) is 2.39. The lowest BCUT2D eigenvalue weighted by Crippen LogP contribution is -2.72. The number of carbonyl (C=O) groups excluding carboxylic acids is 4. The molecule has 0 aromatic carbocycles. The van der Waals surface area contributed by atoms with Crippen LogP contribution in [0.1, 0.15) is 86.5 Å².